The Morgan fingerprint density at radius 2 is 1.16 bits per heavy atom. The van der Waals surface area contributed by atoms with Gasteiger partial charge in [0.2, 0.25) is 0 Å². The number of hydrogen-bond acceptors (Lipinski definition) is 0. The van der Waals surface area contributed by atoms with E-state index in [0.29, 0.717) is 3.63 Å². The van der Waals surface area contributed by atoms with Gasteiger partial charge in [-0.1, -0.05) is 0 Å². The summed E-state index contributed by atoms with van der Waals surface area (Å²) in [7, 11) is 0. The average molecular weight is 685 g/mol. The second-order valence-electron chi connectivity index (χ2n) is 13.9. The maximum Gasteiger partial charge on any atom is -1.00 e. The summed E-state index contributed by atoms with van der Waals surface area (Å²) in [5.74, 6) is 0. The van der Waals surface area contributed by atoms with Gasteiger partial charge >= 0.3 is 256 Å². The predicted octanol–water partition coefficient (Wildman–Crippen LogP) is 4.40. The molecule has 0 fully saturated rings. The van der Waals surface area contributed by atoms with E-state index >= 15 is 0 Å². The molecule has 0 radical (unpaired) electrons. The van der Waals surface area contributed by atoms with Gasteiger partial charge in [0.05, 0.1) is 0 Å². The molecule has 0 amide bonds. The number of allylic oxidation sites excluding steroid dienone is 4. The number of aryl methyl sites for hydroxylation is 1. The molecule has 2 aliphatic carbocycles. The van der Waals surface area contributed by atoms with Crippen LogP contribution in [0.1, 0.15) is 90.5 Å². The van der Waals surface area contributed by atoms with E-state index in [2.05, 4.69) is 158 Å². The maximum atomic E-state index is 2.52. The summed E-state index contributed by atoms with van der Waals surface area (Å²) in [6.45, 7) is 16.2. The van der Waals surface area contributed by atoms with Crippen LogP contribution in [0.25, 0.3) is 11.1 Å². The summed E-state index contributed by atoms with van der Waals surface area (Å²) in [5, 5.41) is 0. The Morgan fingerprint density at radius 3 is 1.63 bits per heavy atom. The van der Waals surface area contributed by atoms with Gasteiger partial charge in [-0.15, -0.1) is 0 Å². The first-order valence-electron chi connectivity index (χ1n) is 15.0. The molecule has 0 nitrogen and oxygen atoms in total. The second kappa shape index (κ2) is 13.0. The molecule has 0 aromatic heterocycles. The Labute approximate surface area is 279 Å². The summed E-state index contributed by atoms with van der Waals surface area (Å²) >= 11 is -2.64. The molecule has 43 heavy (non-hydrogen) atoms. The normalized spacial score (nSPS) is 14.3. The molecule has 0 N–H and O–H groups in total. The quantitative estimate of drug-likeness (QED) is 0.299. The number of halogens is 2. The van der Waals surface area contributed by atoms with E-state index in [1.54, 1.807) is 17.6 Å². The van der Waals surface area contributed by atoms with Gasteiger partial charge in [0.1, 0.15) is 0 Å². The molecule has 3 heteroatoms. The largest absolute Gasteiger partial charge is 1.00 e. The van der Waals surface area contributed by atoms with Crippen molar-refractivity contribution in [2.24, 2.45) is 0 Å². The van der Waals surface area contributed by atoms with E-state index in [4.69, 9.17) is 0 Å². The summed E-state index contributed by atoms with van der Waals surface area (Å²) in [6.07, 6.45) is 8.22. The van der Waals surface area contributed by atoms with Crippen LogP contribution in [0.3, 0.4) is 0 Å². The van der Waals surface area contributed by atoms with Crippen LogP contribution in [0.2, 0.25) is 0 Å². The van der Waals surface area contributed by atoms with Gasteiger partial charge in [-0.3, -0.25) is 0 Å². The van der Waals surface area contributed by atoms with E-state index in [1.165, 1.54) is 38.9 Å². The van der Waals surface area contributed by atoms with Crippen LogP contribution < -0.4 is 24.8 Å². The van der Waals surface area contributed by atoms with Gasteiger partial charge in [-0.25, -0.2) is 0 Å². The first-order valence-corrected chi connectivity index (χ1v) is 18.9. The van der Waals surface area contributed by atoms with Crippen LogP contribution in [0.15, 0.2) is 113 Å². The Kier molecular flexibility index (Phi) is 10.1. The van der Waals surface area contributed by atoms with Crippen molar-refractivity contribution < 1.29 is 46.1 Å². The molecule has 4 aromatic rings. The molecule has 220 valence electrons. The zero-order valence-electron chi connectivity index (χ0n) is 26.4. The Bertz CT molecular complexity index is 1650. The zero-order valence-corrected chi connectivity index (χ0v) is 30.4. The molecule has 4 aromatic carbocycles. The summed E-state index contributed by atoms with van der Waals surface area (Å²) < 4.78 is 3.75. The van der Waals surface area contributed by atoms with Crippen LogP contribution >= 0.6 is 0 Å². The molecular weight excluding hydrogens is 643 g/mol. The van der Waals surface area contributed by atoms with Gasteiger partial charge in [0.25, 0.3) is 0 Å². The molecule has 2 aliphatic rings. The third kappa shape index (κ3) is 6.56. The Balaban J connectivity index is 0.00000212. The van der Waals surface area contributed by atoms with E-state index in [0.717, 1.165) is 6.42 Å². The van der Waals surface area contributed by atoms with E-state index in [9.17, 15) is 0 Å². The fourth-order valence-electron chi connectivity index (χ4n) is 6.43. The van der Waals surface area contributed by atoms with Crippen LogP contribution in [0.5, 0.6) is 0 Å². The van der Waals surface area contributed by atoms with E-state index < -0.39 is 21.3 Å². The number of rotatable bonds is 4. The molecule has 0 saturated heterocycles. The summed E-state index contributed by atoms with van der Waals surface area (Å²) in [4.78, 5) is 0. The van der Waals surface area contributed by atoms with Gasteiger partial charge in [0, 0.05) is 0 Å². The first-order chi connectivity index (χ1) is 19.5. The number of hydrogen-bond donors (Lipinski definition) is 0. The summed E-state index contributed by atoms with van der Waals surface area (Å²) in [5.41, 5.74) is 13.2. The van der Waals surface area contributed by atoms with Crippen LogP contribution in [-0.2, 0) is 32.1 Å². The van der Waals surface area contributed by atoms with Crippen LogP contribution in [-0.4, -0.2) is 3.21 Å². The number of benzene rings is 4. The smallest absolute Gasteiger partial charge is 1.00 e. The minimum absolute atomic E-state index is 0. The molecule has 0 aliphatic heterocycles. The van der Waals surface area contributed by atoms with Crippen LogP contribution in [0, 0.1) is 6.92 Å². The van der Waals surface area contributed by atoms with Crippen molar-refractivity contribution >= 4 is 3.21 Å². The molecule has 0 heterocycles. The average Bonchev–Trinajstić information content (AvgIpc) is 3.58. The molecular formula is C40H42Cl2Zr. The Morgan fingerprint density at radius 1 is 0.651 bits per heavy atom. The maximum absolute atomic E-state index is 2.64. The molecule has 0 bridgehead atoms. The topological polar surface area (TPSA) is 0 Å². The third-order valence-corrected chi connectivity index (χ3v) is 17.1. The molecule has 6 rings (SSSR count). The fourth-order valence-corrected chi connectivity index (χ4v) is 15.5. The van der Waals surface area contributed by atoms with Crippen molar-refractivity contribution in [3.8, 4) is 11.1 Å². The van der Waals surface area contributed by atoms with Crippen LogP contribution in [0.4, 0.5) is 0 Å². The molecule has 0 unspecified atom stereocenters. The van der Waals surface area contributed by atoms with Crippen molar-refractivity contribution in [1.29, 1.82) is 0 Å². The fraction of sp³-hybridized carbons (Fsp3) is 0.275. The van der Waals surface area contributed by atoms with Crippen molar-refractivity contribution in [2.45, 2.75) is 69.3 Å². The van der Waals surface area contributed by atoms with Gasteiger partial charge in [0.15, 0.2) is 0 Å². The number of fused-ring (bicyclic) bond motifs is 3. The minimum atomic E-state index is -2.64. The van der Waals surface area contributed by atoms with E-state index in [1.807, 2.05) is 0 Å². The van der Waals surface area contributed by atoms with Crippen molar-refractivity contribution in [2.75, 3.05) is 0 Å². The SMILES string of the molecule is Cc1ccc(/[C](c2ccccc2)=[Zr+2](/[C]2=CC=CC2)[CH]2c3ccc(C(C)(C)C)cc3-c3cc(C(C)(C)C)ccc32)cc1.[Cl-].[Cl-]. The van der Waals surface area contributed by atoms with Crippen molar-refractivity contribution in [3.63, 3.8) is 0 Å². The molecule has 0 spiro atoms. The van der Waals surface area contributed by atoms with Crippen molar-refractivity contribution in [1.82, 2.24) is 0 Å². The van der Waals surface area contributed by atoms with Gasteiger partial charge in [-0.2, -0.15) is 0 Å². The molecule has 0 saturated carbocycles. The first kappa shape index (κ1) is 33.6. The summed E-state index contributed by atoms with van der Waals surface area (Å²) in [6, 6.07) is 35.5. The van der Waals surface area contributed by atoms with Gasteiger partial charge in [-0.05, 0) is 0 Å². The zero-order chi connectivity index (χ0) is 28.9. The third-order valence-electron chi connectivity index (χ3n) is 8.83. The monoisotopic (exact) mass is 682 g/mol. The molecule has 0 atom stereocenters. The van der Waals surface area contributed by atoms with Crippen molar-refractivity contribution in [3.05, 3.63) is 151 Å². The van der Waals surface area contributed by atoms with Gasteiger partial charge < -0.3 is 24.8 Å². The second-order valence-corrected chi connectivity index (χ2v) is 20.1. The minimum Gasteiger partial charge on any atom is -1.00 e. The Hall–Kier alpha value is -2.31. The standard InChI is InChI=1S/C21H25.C14H12.C5H5.2ClH.Zr/c1-20(2,3)16-9-7-14-11-15-8-10-17(21(4,5)6)13-19(15)18(14)12-16;1-12-7-9-14(10-8-12)11-13-5-3-2-4-6-13;1-2-4-5-3-1;;;/h7-13H,1-6H3;2-10H,1H3;1-3H,4H2;2*1H;/q;;;;;+2/p-2. The van der Waals surface area contributed by atoms with E-state index in [-0.39, 0.29) is 35.6 Å². The predicted molar refractivity (Wildman–Crippen MR) is 174 cm³/mol.